The molecule has 0 aromatic carbocycles. The van der Waals surface area contributed by atoms with Crippen molar-refractivity contribution in [1.82, 2.24) is 15.2 Å². The van der Waals surface area contributed by atoms with Gasteiger partial charge in [0.1, 0.15) is 6.61 Å². The zero-order chi connectivity index (χ0) is 17.4. The second-order valence-corrected chi connectivity index (χ2v) is 6.10. The molecular formula is C18H27N3O3. The van der Waals surface area contributed by atoms with Gasteiger partial charge in [0.15, 0.2) is 6.10 Å². The minimum atomic E-state index is -0.694. The van der Waals surface area contributed by atoms with Gasteiger partial charge in [0.25, 0.3) is 5.91 Å². The first-order chi connectivity index (χ1) is 11.7. The summed E-state index contributed by atoms with van der Waals surface area (Å²) in [5, 5.41) is 2.88. The molecule has 0 aliphatic carbocycles. The van der Waals surface area contributed by atoms with Gasteiger partial charge >= 0.3 is 0 Å². The number of hydrogen-bond acceptors (Lipinski definition) is 4. The summed E-state index contributed by atoms with van der Waals surface area (Å²) in [7, 11) is 0. The highest BCUT2D eigenvalue weighted by atomic mass is 16.5. The fraction of sp³-hybridized carbons (Fsp3) is 0.611. The third-order valence-corrected chi connectivity index (χ3v) is 4.17. The van der Waals surface area contributed by atoms with Crippen molar-refractivity contribution >= 4 is 11.8 Å². The number of ether oxygens (including phenoxy) is 1. The van der Waals surface area contributed by atoms with Crippen LogP contribution < -0.4 is 5.32 Å². The van der Waals surface area contributed by atoms with E-state index in [0.29, 0.717) is 0 Å². The summed E-state index contributed by atoms with van der Waals surface area (Å²) in [5.74, 6) is -0.257. The molecule has 6 heteroatoms. The normalized spacial score (nSPS) is 20.5. The lowest BCUT2D eigenvalue weighted by Crippen LogP contribution is -2.53. The Bertz CT molecular complexity index is 528. The monoisotopic (exact) mass is 333 g/mol. The molecule has 132 valence electrons. The molecule has 1 aromatic rings. The van der Waals surface area contributed by atoms with E-state index < -0.39 is 12.1 Å². The molecule has 0 unspecified atom stereocenters. The second-order valence-electron chi connectivity index (χ2n) is 6.10. The van der Waals surface area contributed by atoms with Crippen LogP contribution in [0, 0.1) is 0 Å². The van der Waals surface area contributed by atoms with Crippen LogP contribution in [0.5, 0.6) is 0 Å². The van der Waals surface area contributed by atoms with E-state index in [1.807, 2.05) is 11.0 Å². The van der Waals surface area contributed by atoms with E-state index in [0.717, 1.165) is 44.3 Å². The standard InChI is InChI=1S/C18H27N3O3/c1-3-5-10-21(11-6-4-2)18(23)17-16(20-15(22)13-24-17)14-8-7-9-19-12-14/h7-9,12,16-17H,3-6,10-11,13H2,1-2H3,(H,20,22)/t16-,17+/m1/s1. The van der Waals surface area contributed by atoms with E-state index in [1.54, 1.807) is 18.5 Å². The van der Waals surface area contributed by atoms with Gasteiger partial charge < -0.3 is 15.0 Å². The van der Waals surface area contributed by atoms with Crippen LogP contribution in [0.2, 0.25) is 0 Å². The lowest BCUT2D eigenvalue weighted by Gasteiger charge is -2.35. The van der Waals surface area contributed by atoms with Gasteiger partial charge in [0.2, 0.25) is 5.91 Å². The zero-order valence-electron chi connectivity index (χ0n) is 14.5. The molecule has 1 aromatic heterocycles. The van der Waals surface area contributed by atoms with Crippen molar-refractivity contribution in [2.24, 2.45) is 0 Å². The van der Waals surface area contributed by atoms with Crippen molar-refractivity contribution < 1.29 is 14.3 Å². The molecule has 0 spiro atoms. The molecule has 0 bridgehead atoms. The number of morpholine rings is 1. The molecular weight excluding hydrogens is 306 g/mol. The van der Waals surface area contributed by atoms with Crippen LogP contribution in [0.4, 0.5) is 0 Å². The van der Waals surface area contributed by atoms with Crippen molar-refractivity contribution in [2.45, 2.75) is 51.7 Å². The van der Waals surface area contributed by atoms with Crippen LogP contribution in [0.15, 0.2) is 24.5 Å². The van der Waals surface area contributed by atoms with Gasteiger partial charge in [-0.1, -0.05) is 32.8 Å². The number of carbonyl (C=O) groups is 2. The molecule has 1 aliphatic heterocycles. The smallest absolute Gasteiger partial charge is 0.254 e. The number of nitrogens with one attached hydrogen (secondary N) is 1. The summed E-state index contributed by atoms with van der Waals surface area (Å²) < 4.78 is 5.63. The summed E-state index contributed by atoms with van der Waals surface area (Å²) >= 11 is 0. The van der Waals surface area contributed by atoms with E-state index in [-0.39, 0.29) is 18.4 Å². The largest absolute Gasteiger partial charge is 0.356 e. The fourth-order valence-electron chi connectivity index (χ4n) is 2.79. The van der Waals surface area contributed by atoms with Gasteiger partial charge in [-0.3, -0.25) is 14.6 Å². The van der Waals surface area contributed by atoms with Crippen molar-refractivity contribution in [3.63, 3.8) is 0 Å². The van der Waals surface area contributed by atoms with E-state index in [1.165, 1.54) is 0 Å². The maximum Gasteiger partial charge on any atom is 0.254 e. The van der Waals surface area contributed by atoms with E-state index in [9.17, 15) is 9.59 Å². The number of amides is 2. The third-order valence-electron chi connectivity index (χ3n) is 4.17. The molecule has 1 saturated heterocycles. The molecule has 1 fully saturated rings. The highest BCUT2D eigenvalue weighted by Crippen LogP contribution is 2.23. The molecule has 0 saturated carbocycles. The Morgan fingerprint density at radius 1 is 1.33 bits per heavy atom. The summed E-state index contributed by atoms with van der Waals surface area (Å²) in [6, 6.07) is 3.16. The number of aromatic nitrogens is 1. The number of carbonyl (C=O) groups excluding carboxylic acids is 2. The lowest BCUT2D eigenvalue weighted by molar-refractivity contribution is -0.155. The van der Waals surface area contributed by atoms with E-state index in [4.69, 9.17) is 4.74 Å². The van der Waals surface area contributed by atoms with Crippen LogP contribution in [0.25, 0.3) is 0 Å². The summed E-state index contributed by atoms with van der Waals surface area (Å²) in [6.45, 7) is 5.59. The Morgan fingerprint density at radius 2 is 2.04 bits per heavy atom. The fourth-order valence-corrected chi connectivity index (χ4v) is 2.79. The predicted molar refractivity (Wildman–Crippen MR) is 91.3 cm³/mol. The number of pyridine rings is 1. The summed E-state index contributed by atoms with van der Waals surface area (Å²) in [4.78, 5) is 30.7. The van der Waals surface area contributed by atoms with Gasteiger partial charge in [0.05, 0.1) is 6.04 Å². The predicted octanol–water partition coefficient (Wildman–Crippen LogP) is 2.07. The Morgan fingerprint density at radius 3 is 2.62 bits per heavy atom. The molecule has 2 heterocycles. The van der Waals surface area contributed by atoms with Crippen LogP contribution >= 0.6 is 0 Å². The van der Waals surface area contributed by atoms with Crippen LogP contribution in [-0.4, -0.2) is 47.5 Å². The Labute approximate surface area is 143 Å². The maximum absolute atomic E-state index is 13.0. The molecule has 1 N–H and O–H groups in total. The summed E-state index contributed by atoms with van der Waals surface area (Å²) in [6.07, 6.45) is 6.64. The maximum atomic E-state index is 13.0. The van der Waals surface area contributed by atoms with E-state index >= 15 is 0 Å². The molecule has 2 rings (SSSR count). The van der Waals surface area contributed by atoms with Crippen molar-refractivity contribution in [3.05, 3.63) is 30.1 Å². The molecule has 2 atom stereocenters. The first kappa shape index (κ1) is 18.4. The van der Waals surface area contributed by atoms with Gasteiger partial charge in [-0.25, -0.2) is 0 Å². The number of unbranched alkanes of at least 4 members (excludes halogenated alkanes) is 2. The lowest BCUT2D eigenvalue weighted by atomic mass is 10.00. The van der Waals surface area contributed by atoms with Crippen LogP contribution in [0.1, 0.15) is 51.1 Å². The van der Waals surface area contributed by atoms with Gasteiger partial charge in [0, 0.05) is 25.5 Å². The molecule has 0 radical (unpaired) electrons. The minimum Gasteiger partial charge on any atom is -0.356 e. The van der Waals surface area contributed by atoms with Gasteiger partial charge in [-0.05, 0) is 24.5 Å². The topological polar surface area (TPSA) is 71.5 Å². The van der Waals surface area contributed by atoms with Gasteiger partial charge in [-0.2, -0.15) is 0 Å². The number of nitrogens with zero attached hydrogens (tertiary/aromatic N) is 2. The first-order valence-corrected chi connectivity index (χ1v) is 8.77. The highest BCUT2D eigenvalue weighted by molar-refractivity contribution is 5.86. The quantitative estimate of drug-likeness (QED) is 0.790. The first-order valence-electron chi connectivity index (χ1n) is 8.77. The van der Waals surface area contributed by atoms with Crippen molar-refractivity contribution in [2.75, 3.05) is 19.7 Å². The van der Waals surface area contributed by atoms with Crippen molar-refractivity contribution in [1.29, 1.82) is 0 Å². The molecule has 6 nitrogen and oxygen atoms in total. The van der Waals surface area contributed by atoms with Gasteiger partial charge in [-0.15, -0.1) is 0 Å². The highest BCUT2D eigenvalue weighted by Gasteiger charge is 2.38. The average Bonchev–Trinajstić information content (AvgIpc) is 2.62. The Hall–Kier alpha value is -1.95. The minimum absolute atomic E-state index is 0.0502. The Kier molecular flexibility index (Phi) is 7.18. The van der Waals surface area contributed by atoms with Crippen LogP contribution in [-0.2, 0) is 14.3 Å². The third kappa shape index (κ3) is 4.77. The molecule has 1 aliphatic rings. The second kappa shape index (κ2) is 9.37. The zero-order valence-corrected chi connectivity index (χ0v) is 14.5. The Balaban J connectivity index is 2.17. The van der Waals surface area contributed by atoms with Crippen molar-refractivity contribution in [3.8, 4) is 0 Å². The average molecular weight is 333 g/mol. The van der Waals surface area contributed by atoms with Crippen LogP contribution in [0.3, 0.4) is 0 Å². The molecule has 24 heavy (non-hydrogen) atoms. The number of rotatable bonds is 8. The number of hydrogen-bond donors (Lipinski definition) is 1. The van der Waals surface area contributed by atoms with E-state index in [2.05, 4.69) is 24.1 Å². The SMILES string of the molecule is CCCCN(CCCC)C(=O)[C@H]1OCC(=O)N[C@@H]1c1cccnc1. The molecule has 2 amide bonds. The summed E-state index contributed by atoms with van der Waals surface area (Å²) in [5.41, 5.74) is 0.787.